The molecule has 0 unspecified atom stereocenters. The summed E-state index contributed by atoms with van der Waals surface area (Å²) in [4.78, 5) is 19.9. The van der Waals surface area contributed by atoms with Crippen molar-refractivity contribution in [3.05, 3.63) is 35.6 Å². The lowest BCUT2D eigenvalue weighted by molar-refractivity contribution is 0.1000. The van der Waals surface area contributed by atoms with Crippen molar-refractivity contribution in [2.45, 2.75) is 0 Å². The van der Waals surface area contributed by atoms with Crippen molar-refractivity contribution in [1.29, 1.82) is 0 Å². The van der Waals surface area contributed by atoms with E-state index in [0.29, 0.717) is 5.56 Å². The monoisotopic (exact) mass is 205 g/mol. The van der Waals surface area contributed by atoms with Gasteiger partial charge in [-0.25, -0.2) is 0 Å². The fourth-order valence-corrected chi connectivity index (χ4v) is 1.65. The maximum atomic E-state index is 10.9. The fourth-order valence-electron chi connectivity index (χ4n) is 1.06. The zero-order chi connectivity index (χ0) is 9.97. The zero-order valence-corrected chi connectivity index (χ0v) is 7.99. The number of thiazole rings is 1. The molecule has 1 amide bonds. The number of carbonyl (C=O) groups excluding carboxylic acids is 1. The first-order valence-electron chi connectivity index (χ1n) is 3.92. The lowest BCUT2D eigenvalue weighted by Gasteiger charge is -1.97. The molecule has 5 heteroatoms. The number of hydrogen-bond acceptors (Lipinski definition) is 4. The Kier molecular flexibility index (Phi) is 2.24. The number of nitrogens with two attached hydrogens (primary N) is 1. The number of primary amides is 1. The molecule has 0 bridgehead atoms. The van der Waals surface area contributed by atoms with E-state index in [1.807, 2.05) is 0 Å². The maximum absolute atomic E-state index is 10.9. The highest BCUT2D eigenvalue weighted by Gasteiger charge is 2.04. The summed E-state index contributed by atoms with van der Waals surface area (Å²) in [6, 6.07) is 3.25. The van der Waals surface area contributed by atoms with E-state index in [1.165, 1.54) is 11.3 Å². The van der Waals surface area contributed by atoms with Crippen LogP contribution in [-0.4, -0.2) is 15.9 Å². The second kappa shape index (κ2) is 3.55. The molecule has 0 spiro atoms. The Labute approximate surface area is 84.4 Å². The number of amides is 1. The van der Waals surface area contributed by atoms with Crippen LogP contribution in [0.5, 0.6) is 0 Å². The van der Waals surface area contributed by atoms with E-state index < -0.39 is 5.91 Å². The quantitative estimate of drug-likeness (QED) is 0.803. The minimum absolute atomic E-state index is 0.446. The minimum atomic E-state index is -0.446. The SMILES string of the molecule is NC(=O)c1ccnc(-c2cncs2)c1. The Bertz CT molecular complexity index is 453. The van der Waals surface area contributed by atoms with Crippen molar-refractivity contribution in [3.63, 3.8) is 0 Å². The van der Waals surface area contributed by atoms with Gasteiger partial charge in [0.25, 0.3) is 0 Å². The molecule has 4 nitrogen and oxygen atoms in total. The number of rotatable bonds is 2. The van der Waals surface area contributed by atoms with Crippen LogP contribution in [-0.2, 0) is 0 Å². The molecule has 0 aliphatic rings. The summed E-state index contributed by atoms with van der Waals surface area (Å²) in [5.41, 5.74) is 8.06. The van der Waals surface area contributed by atoms with Gasteiger partial charge in [0.15, 0.2) is 0 Å². The van der Waals surface area contributed by atoms with Crippen LogP contribution in [0.25, 0.3) is 10.6 Å². The number of aromatic nitrogens is 2. The van der Waals surface area contributed by atoms with Crippen LogP contribution >= 0.6 is 11.3 Å². The standard InChI is InChI=1S/C9H7N3OS/c10-9(13)6-1-2-12-7(3-6)8-4-11-5-14-8/h1-5H,(H2,10,13). The van der Waals surface area contributed by atoms with E-state index >= 15 is 0 Å². The molecule has 0 atom stereocenters. The predicted molar refractivity (Wildman–Crippen MR) is 53.9 cm³/mol. The molecule has 0 aliphatic heterocycles. The van der Waals surface area contributed by atoms with E-state index in [-0.39, 0.29) is 0 Å². The number of pyridine rings is 1. The molecule has 0 aliphatic carbocycles. The van der Waals surface area contributed by atoms with E-state index in [0.717, 1.165) is 10.6 Å². The Hall–Kier alpha value is -1.75. The highest BCUT2D eigenvalue weighted by atomic mass is 32.1. The lowest BCUT2D eigenvalue weighted by atomic mass is 10.2. The van der Waals surface area contributed by atoms with Crippen molar-refractivity contribution < 1.29 is 4.79 Å². The van der Waals surface area contributed by atoms with Gasteiger partial charge in [0.2, 0.25) is 5.91 Å². The summed E-state index contributed by atoms with van der Waals surface area (Å²) in [7, 11) is 0. The van der Waals surface area contributed by atoms with Crippen molar-refractivity contribution in [3.8, 4) is 10.6 Å². The Balaban J connectivity index is 2.46. The molecule has 2 aromatic heterocycles. The van der Waals surface area contributed by atoms with Crippen LogP contribution in [0.1, 0.15) is 10.4 Å². The number of carbonyl (C=O) groups is 1. The van der Waals surface area contributed by atoms with Crippen molar-refractivity contribution in [2.75, 3.05) is 0 Å². The van der Waals surface area contributed by atoms with Crippen LogP contribution in [0.15, 0.2) is 30.0 Å². The predicted octanol–water partition coefficient (Wildman–Crippen LogP) is 1.30. The lowest BCUT2D eigenvalue weighted by Crippen LogP contribution is -2.10. The highest BCUT2D eigenvalue weighted by molar-refractivity contribution is 7.13. The van der Waals surface area contributed by atoms with E-state index in [9.17, 15) is 4.79 Å². The first-order chi connectivity index (χ1) is 6.77. The third-order valence-corrected chi connectivity index (χ3v) is 2.52. The van der Waals surface area contributed by atoms with Gasteiger partial charge in [0.05, 0.1) is 16.1 Å². The Morgan fingerprint density at radius 2 is 2.36 bits per heavy atom. The van der Waals surface area contributed by atoms with Crippen molar-refractivity contribution in [2.24, 2.45) is 5.73 Å². The molecule has 70 valence electrons. The number of nitrogens with zero attached hydrogens (tertiary/aromatic N) is 2. The molecule has 0 fully saturated rings. The van der Waals surface area contributed by atoms with Crippen LogP contribution in [0, 0.1) is 0 Å². The van der Waals surface area contributed by atoms with Gasteiger partial charge < -0.3 is 5.73 Å². The summed E-state index contributed by atoms with van der Waals surface area (Å²) in [5, 5.41) is 0. The first kappa shape index (κ1) is 8.83. The summed E-state index contributed by atoms with van der Waals surface area (Å²) in [6.45, 7) is 0. The molecule has 2 aromatic rings. The van der Waals surface area contributed by atoms with Gasteiger partial charge in [0, 0.05) is 18.0 Å². The van der Waals surface area contributed by atoms with E-state index in [1.54, 1.807) is 30.0 Å². The molecule has 14 heavy (non-hydrogen) atoms. The van der Waals surface area contributed by atoms with Gasteiger partial charge in [-0.1, -0.05) is 0 Å². The molecule has 0 radical (unpaired) electrons. The molecular formula is C9H7N3OS. The molecule has 2 N–H and O–H groups in total. The van der Waals surface area contributed by atoms with Crippen LogP contribution < -0.4 is 5.73 Å². The maximum Gasteiger partial charge on any atom is 0.248 e. The van der Waals surface area contributed by atoms with E-state index in [2.05, 4.69) is 9.97 Å². The van der Waals surface area contributed by atoms with Crippen LogP contribution in [0.2, 0.25) is 0 Å². The highest BCUT2D eigenvalue weighted by Crippen LogP contribution is 2.21. The summed E-state index contributed by atoms with van der Waals surface area (Å²) < 4.78 is 0. The molecule has 0 saturated carbocycles. The van der Waals surface area contributed by atoms with Gasteiger partial charge in [-0.05, 0) is 12.1 Å². The second-order valence-corrected chi connectivity index (χ2v) is 3.55. The minimum Gasteiger partial charge on any atom is -0.366 e. The van der Waals surface area contributed by atoms with Crippen LogP contribution in [0.3, 0.4) is 0 Å². The molecule has 2 heterocycles. The number of hydrogen-bond donors (Lipinski definition) is 1. The molecule has 2 rings (SSSR count). The first-order valence-corrected chi connectivity index (χ1v) is 4.80. The van der Waals surface area contributed by atoms with Gasteiger partial charge in [-0.3, -0.25) is 14.8 Å². The third-order valence-electron chi connectivity index (χ3n) is 1.73. The van der Waals surface area contributed by atoms with E-state index in [4.69, 9.17) is 5.73 Å². The average molecular weight is 205 g/mol. The molecule has 0 aromatic carbocycles. The topological polar surface area (TPSA) is 68.9 Å². The largest absolute Gasteiger partial charge is 0.366 e. The van der Waals surface area contributed by atoms with Gasteiger partial charge >= 0.3 is 0 Å². The summed E-state index contributed by atoms with van der Waals surface area (Å²) >= 11 is 1.47. The average Bonchev–Trinajstić information content (AvgIpc) is 2.71. The fraction of sp³-hybridized carbons (Fsp3) is 0. The third kappa shape index (κ3) is 1.62. The van der Waals surface area contributed by atoms with Gasteiger partial charge in [0.1, 0.15) is 0 Å². The molecular weight excluding hydrogens is 198 g/mol. The van der Waals surface area contributed by atoms with Gasteiger partial charge in [-0.15, -0.1) is 11.3 Å². The summed E-state index contributed by atoms with van der Waals surface area (Å²) in [6.07, 6.45) is 3.27. The second-order valence-electron chi connectivity index (χ2n) is 2.66. The Morgan fingerprint density at radius 3 is 3.00 bits per heavy atom. The molecule has 0 saturated heterocycles. The summed E-state index contributed by atoms with van der Waals surface area (Å²) in [5.74, 6) is -0.446. The van der Waals surface area contributed by atoms with Crippen molar-refractivity contribution in [1.82, 2.24) is 9.97 Å². The normalized spacial score (nSPS) is 10.0. The smallest absolute Gasteiger partial charge is 0.248 e. The van der Waals surface area contributed by atoms with Gasteiger partial charge in [-0.2, -0.15) is 0 Å². The Morgan fingerprint density at radius 1 is 1.50 bits per heavy atom. The van der Waals surface area contributed by atoms with Crippen LogP contribution in [0.4, 0.5) is 0 Å². The van der Waals surface area contributed by atoms with Crippen molar-refractivity contribution >= 4 is 17.2 Å². The zero-order valence-electron chi connectivity index (χ0n) is 7.18.